The van der Waals surface area contributed by atoms with Gasteiger partial charge in [-0.25, -0.2) is 0 Å². The molecule has 0 aromatic heterocycles. The van der Waals surface area contributed by atoms with Crippen LogP contribution in [0.25, 0.3) is 0 Å². The summed E-state index contributed by atoms with van der Waals surface area (Å²) >= 11 is 0. The first-order valence-corrected chi connectivity index (χ1v) is 28.4. The highest BCUT2D eigenvalue weighted by Gasteiger charge is 2.28. The monoisotopic (exact) mass is 902 g/mol. The van der Waals surface area contributed by atoms with Crippen LogP contribution in [0.3, 0.4) is 0 Å². The normalized spacial score (nSPS) is 14.0. The van der Waals surface area contributed by atoms with Gasteiger partial charge in [0.05, 0.1) is 18.8 Å². The fourth-order valence-electron chi connectivity index (χ4n) is 8.84. The molecule has 64 heavy (non-hydrogen) atoms. The first-order valence-electron chi connectivity index (χ1n) is 28.4. The van der Waals surface area contributed by atoms with E-state index in [2.05, 4.69) is 55.6 Å². The molecule has 0 saturated heterocycles. The van der Waals surface area contributed by atoms with E-state index in [4.69, 9.17) is 0 Å². The molecule has 1 amide bonds. The number of hydrogen-bond acceptors (Lipinski definition) is 5. The Morgan fingerprint density at radius 3 is 1.05 bits per heavy atom. The van der Waals surface area contributed by atoms with Gasteiger partial charge in [-0.1, -0.05) is 262 Å². The van der Waals surface area contributed by atoms with Crippen molar-refractivity contribution in [2.45, 2.75) is 321 Å². The highest BCUT2D eigenvalue weighted by molar-refractivity contribution is 5.80. The molecule has 0 bridgehead atoms. The Balaban J connectivity index is 3.48. The molecule has 378 valence electrons. The molecule has 0 radical (unpaired) electrons. The van der Waals surface area contributed by atoms with E-state index in [1.54, 1.807) is 0 Å². The molecule has 5 N–H and O–H groups in total. The van der Waals surface area contributed by atoms with Crippen molar-refractivity contribution >= 4 is 5.91 Å². The van der Waals surface area contributed by atoms with Crippen molar-refractivity contribution in [3.05, 3.63) is 36.5 Å². The Kier molecular flexibility index (Phi) is 51.3. The molecule has 4 atom stereocenters. The summed E-state index contributed by atoms with van der Waals surface area (Å²) in [7, 11) is 0. The van der Waals surface area contributed by atoms with Crippen LogP contribution in [0.1, 0.15) is 296 Å². The Bertz CT molecular complexity index is 1010. The van der Waals surface area contributed by atoms with E-state index < -0.39 is 36.9 Å². The van der Waals surface area contributed by atoms with E-state index in [-0.39, 0.29) is 0 Å². The summed E-state index contributed by atoms with van der Waals surface area (Å²) in [6, 6.07) is -1.01. The van der Waals surface area contributed by atoms with Crippen molar-refractivity contribution in [1.82, 2.24) is 5.32 Å². The van der Waals surface area contributed by atoms with E-state index in [0.29, 0.717) is 19.3 Å². The van der Waals surface area contributed by atoms with Gasteiger partial charge in [0.2, 0.25) is 5.91 Å². The Morgan fingerprint density at radius 1 is 0.375 bits per heavy atom. The van der Waals surface area contributed by atoms with Gasteiger partial charge in [0, 0.05) is 0 Å². The number of carbonyl (C=O) groups is 1. The minimum Gasteiger partial charge on any atom is -0.394 e. The van der Waals surface area contributed by atoms with Crippen LogP contribution in [0.2, 0.25) is 0 Å². The number of allylic oxidation sites excluding steroid dienone is 6. The van der Waals surface area contributed by atoms with Crippen LogP contribution in [0, 0.1) is 0 Å². The predicted octanol–water partition coefficient (Wildman–Crippen LogP) is 16.4. The number of nitrogens with one attached hydrogen (secondary N) is 1. The first-order chi connectivity index (χ1) is 31.5. The van der Waals surface area contributed by atoms with Gasteiger partial charge in [0.25, 0.3) is 0 Å². The fraction of sp³-hybridized carbons (Fsp3) is 0.879. The highest BCUT2D eigenvalue weighted by Crippen LogP contribution is 2.18. The molecule has 6 heteroatoms. The molecule has 0 aliphatic heterocycles. The van der Waals surface area contributed by atoms with Crippen molar-refractivity contribution in [3.8, 4) is 0 Å². The summed E-state index contributed by atoms with van der Waals surface area (Å²) in [6.07, 6.45) is 65.5. The average molecular weight is 903 g/mol. The Hall–Kier alpha value is -1.47. The van der Waals surface area contributed by atoms with Gasteiger partial charge in [-0.15, -0.1) is 0 Å². The molecule has 6 nitrogen and oxygen atoms in total. The molecule has 0 fully saturated rings. The largest absolute Gasteiger partial charge is 0.394 e. The van der Waals surface area contributed by atoms with Gasteiger partial charge in [-0.2, -0.15) is 0 Å². The SMILES string of the molecule is CCC/C=C/CC/C=C/CCCC(O)C(O)C(CO)NC(=O)C(O)CCCCCCCCCCCCCCCCCC/C=C\CCCCCCCCCCCCCCCCCCCC. The summed E-state index contributed by atoms with van der Waals surface area (Å²) in [5.41, 5.74) is 0. The van der Waals surface area contributed by atoms with Gasteiger partial charge in [0.1, 0.15) is 12.2 Å². The molecule has 4 unspecified atom stereocenters. The molecular formula is C58H111NO5. The molecule has 0 aromatic carbocycles. The van der Waals surface area contributed by atoms with Crippen LogP contribution >= 0.6 is 0 Å². The zero-order valence-corrected chi connectivity index (χ0v) is 42.8. The highest BCUT2D eigenvalue weighted by atomic mass is 16.3. The third kappa shape index (κ3) is 45.7. The van der Waals surface area contributed by atoms with Gasteiger partial charge in [-0.05, 0) is 70.6 Å². The lowest BCUT2D eigenvalue weighted by molar-refractivity contribution is -0.132. The number of unbranched alkanes of at least 4 members (excludes halogenated alkanes) is 37. The maximum atomic E-state index is 12.5. The second kappa shape index (κ2) is 52.5. The van der Waals surface area contributed by atoms with Gasteiger partial charge in [-0.3, -0.25) is 4.79 Å². The van der Waals surface area contributed by atoms with Crippen LogP contribution in [-0.4, -0.2) is 57.3 Å². The topological polar surface area (TPSA) is 110 Å². The van der Waals surface area contributed by atoms with Crippen molar-refractivity contribution in [1.29, 1.82) is 0 Å². The van der Waals surface area contributed by atoms with Crippen molar-refractivity contribution in [3.63, 3.8) is 0 Å². The second-order valence-electron chi connectivity index (χ2n) is 19.6. The van der Waals surface area contributed by atoms with Crippen molar-refractivity contribution in [2.75, 3.05) is 6.61 Å². The molecule has 0 heterocycles. The van der Waals surface area contributed by atoms with E-state index in [1.165, 1.54) is 218 Å². The van der Waals surface area contributed by atoms with Crippen LogP contribution in [0.4, 0.5) is 0 Å². The van der Waals surface area contributed by atoms with Crippen molar-refractivity contribution in [2.24, 2.45) is 0 Å². The van der Waals surface area contributed by atoms with E-state index >= 15 is 0 Å². The molecular weight excluding hydrogens is 791 g/mol. The number of hydrogen-bond donors (Lipinski definition) is 5. The molecule has 0 aromatic rings. The van der Waals surface area contributed by atoms with E-state index in [9.17, 15) is 25.2 Å². The minimum absolute atomic E-state index is 0.361. The number of amides is 1. The summed E-state index contributed by atoms with van der Waals surface area (Å²) in [6.45, 7) is 3.97. The quantitative estimate of drug-likeness (QED) is 0.0309. The van der Waals surface area contributed by atoms with Crippen LogP contribution < -0.4 is 5.32 Å². The Labute approximate surface area is 398 Å². The number of rotatable bonds is 52. The van der Waals surface area contributed by atoms with Gasteiger partial charge >= 0.3 is 0 Å². The van der Waals surface area contributed by atoms with Crippen LogP contribution in [-0.2, 0) is 4.79 Å². The summed E-state index contributed by atoms with van der Waals surface area (Å²) in [5.74, 6) is -0.597. The summed E-state index contributed by atoms with van der Waals surface area (Å²) in [5, 5.41) is 43.6. The lowest BCUT2D eigenvalue weighted by atomic mass is 10.00. The molecule has 0 aliphatic carbocycles. The summed E-state index contributed by atoms with van der Waals surface area (Å²) in [4.78, 5) is 12.5. The number of aliphatic hydroxyl groups excluding tert-OH is 4. The lowest BCUT2D eigenvalue weighted by Crippen LogP contribution is -2.53. The average Bonchev–Trinajstić information content (AvgIpc) is 3.30. The second-order valence-corrected chi connectivity index (χ2v) is 19.6. The molecule has 0 aliphatic rings. The predicted molar refractivity (Wildman–Crippen MR) is 279 cm³/mol. The lowest BCUT2D eigenvalue weighted by Gasteiger charge is -2.27. The third-order valence-electron chi connectivity index (χ3n) is 13.3. The minimum atomic E-state index is -1.29. The summed E-state index contributed by atoms with van der Waals surface area (Å²) < 4.78 is 0. The number of carbonyl (C=O) groups excluding carboxylic acids is 1. The van der Waals surface area contributed by atoms with Gasteiger partial charge < -0.3 is 25.7 Å². The molecule has 0 spiro atoms. The first kappa shape index (κ1) is 62.5. The fourth-order valence-corrected chi connectivity index (χ4v) is 8.84. The zero-order valence-electron chi connectivity index (χ0n) is 42.8. The standard InChI is InChI=1S/C58H111NO5/c1-3-5-7-9-11-13-15-16-17-18-19-20-21-22-23-24-25-26-27-28-29-30-31-32-33-34-35-36-37-38-39-40-41-42-44-46-48-50-52-56(62)58(64)59-54(53-60)57(63)55(61)51-49-47-45-43-14-12-10-8-6-4-2/h8,10,28-29,43,45,54-57,60-63H,3-7,9,11-27,30-42,44,46-53H2,1-2H3,(H,59,64)/b10-8+,29-28-,45-43+. The Morgan fingerprint density at radius 2 is 0.688 bits per heavy atom. The van der Waals surface area contributed by atoms with Crippen LogP contribution in [0.15, 0.2) is 36.5 Å². The third-order valence-corrected chi connectivity index (χ3v) is 13.3. The van der Waals surface area contributed by atoms with Gasteiger partial charge in [0.15, 0.2) is 0 Å². The molecule has 0 saturated carbocycles. The maximum Gasteiger partial charge on any atom is 0.249 e. The molecule has 0 rings (SSSR count). The van der Waals surface area contributed by atoms with Crippen LogP contribution in [0.5, 0.6) is 0 Å². The van der Waals surface area contributed by atoms with E-state index in [1.807, 2.05) is 0 Å². The van der Waals surface area contributed by atoms with E-state index in [0.717, 1.165) is 44.9 Å². The zero-order chi connectivity index (χ0) is 46.7. The smallest absolute Gasteiger partial charge is 0.249 e. The van der Waals surface area contributed by atoms with Crippen molar-refractivity contribution < 1.29 is 25.2 Å². The number of aliphatic hydroxyl groups is 4. The maximum absolute atomic E-state index is 12.5.